The van der Waals surface area contributed by atoms with Gasteiger partial charge in [0.05, 0.1) is 6.17 Å². The Morgan fingerprint density at radius 3 is 2.22 bits per heavy atom. The Balaban J connectivity index is 2.64. The maximum absolute atomic E-state index is 3.35. The summed E-state index contributed by atoms with van der Waals surface area (Å²) in [4.78, 5) is 4.63. The van der Waals surface area contributed by atoms with Crippen molar-refractivity contribution < 1.29 is 0 Å². The second kappa shape index (κ2) is 7.40. The van der Waals surface area contributed by atoms with Gasteiger partial charge in [-0.2, -0.15) is 5.53 Å². The predicted octanol–water partition coefficient (Wildman–Crippen LogP) is 0.565. The van der Waals surface area contributed by atoms with E-state index in [0.717, 1.165) is 19.5 Å². The van der Waals surface area contributed by atoms with Crippen LogP contribution in [0.2, 0.25) is 0 Å². The molecule has 18 heavy (non-hydrogen) atoms. The Morgan fingerprint density at radius 2 is 1.78 bits per heavy atom. The van der Waals surface area contributed by atoms with Crippen LogP contribution in [-0.4, -0.2) is 68.3 Å². The minimum atomic E-state index is 0.444. The van der Waals surface area contributed by atoms with Crippen molar-refractivity contribution in [1.29, 1.82) is 0 Å². The van der Waals surface area contributed by atoms with Gasteiger partial charge in [-0.15, -0.1) is 0 Å². The lowest BCUT2D eigenvalue weighted by atomic mass is 9.95. The topological polar surface area (TPSA) is 33.8 Å². The molecular formula is C13H31N5. The van der Waals surface area contributed by atoms with Crippen molar-refractivity contribution >= 4 is 0 Å². The minimum absolute atomic E-state index is 0.444. The SMILES string of the molecule is CCC(C1CNNN(C(CC)N(C)C)C1)N(C)C. The van der Waals surface area contributed by atoms with E-state index in [0.29, 0.717) is 18.1 Å². The smallest absolute Gasteiger partial charge is 0.0763 e. The van der Waals surface area contributed by atoms with Gasteiger partial charge in [-0.05, 0) is 41.0 Å². The zero-order chi connectivity index (χ0) is 13.7. The van der Waals surface area contributed by atoms with E-state index in [2.05, 4.69) is 67.8 Å². The molecule has 1 fully saturated rings. The van der Waals surface area contributed by atoms with E-state index in [9.17, 15) is 0 Å². The molecule has 1 heterocycles. The molecule has 0 radical (unpaired) electrons. The van der Waals surface area contributed by atoms with Crippen LogP contribution in [0.25, 0.3) is 0 Å². The summed E-state index contributed by atoms with van der Waals surface area (Å²) in [5, 5.41) is 2.33. The molecule has 1 saturated heterocycles. The van der Waals surface area contributed by atoms with Gasteiger partial charge in [0.25, 0.3) is 0 Å². The summed E-state index contributed by atoms with van der Waals surface area (Å²) in [7, 11) is 8.65. The summed E-state index contributed by atoms with van der Waals surface area (Å²) in [6, 6.07) is 0.641. The Bertz CT molecular complexity index is 209. The molecule has 0 aromatic rings. The van der Waals surface area contributed by atoms with Crippen LogP contribution >= 0.6 is 0 Å². The molecule has 0 saturated carbocycles. The second-order valence-electron chi connectivity index (χ2n) is 5.70. The highest BCUT2D eigenvalue weighted by molar-refractivity contribution is 4.82. The molecule has 0 aromatic carbocycles. The highest BCUT2D eigenvalue weighted by Crippen LogP contribution is 2.17. The van der Waals surface area contributed by atoms with E-state index in [1.54, 1.807) is 0 Å². The molecule has 3 atom stereocenters. The van der Waals surface area contributed by atoms with Crippen LogP contribution in [0.4, 0.5) is 0 Å². The van der Waals surface area contributed by atoms with Crippen LogP contribution in [0.5, 0.6) is 0 Å². The second-order valence-corrected chi connectivity index (χ2v) is 5.70. The van der Waals surface area contributed by atoms with Crippen molar-refractivity contribution in [3.63, 3.8) is 0 Å². The molecule has 5 heteroatoms. The molecule has 1 rings (SSSR count). The lowest BCUT2D eigenvalue weighted by Crippen LogP contribution is -2.65. The molecule has 0 aromatic heterocycles. The normalized spacial score (nSPS) is 25.7. The van der Waals surface area contributed by atoms with Crippen molar-refractivity contribution in [3.05, 3.63) is 0 Å². The van der Waals surface area contributed by atoms with Crippen molar-refractivity contribution in [3.8, 4) is 0 Å². The Kier molecular flexibility index (Phi) is 6.52. The van der Waals surface area contributed by atoms with Crippen LogP contribution in [0, 0.1) is 5.92 Å². The van der Waals surface area contributed by atoms with Gasteiger partial charge in [0, 0.05) is 25.0 Å². The molecule has 2 N–H and O–H groups in total. The molecule has 0 amide bonds. The monoisotopic (exact) mass is 257 g/mol. The standard InChI is InChI=1S/C13H31N5/c1-7-12(16(3)4)11-9-14-15-18(10-11)13(8-2)17(5)6/h11-15H,7-10H2,1-6H3. The van der Waals surface area contributed by atoms with Gasteiger partial charge in [-0.3, -0.25) is 4.90 Å². The third-order valence-electron chi connectivity index (χ3n) is 3.96. The molecule has 3 unspecified atom stereocenters. The summed E-state index contributed by atoms with van der Waals surface area (Å²) in [6.07, 6.45) is 2.76. The molecule has 0 spiro atoms. The first-order valence-electron chi connectivity index (χ1n) is 7.09. The van der Waals surface area contributed by atoms with Crippen LogP contribution < -0.4 is 11.0 Å². The first-order valence-corrected chi connectivity index (χ1v) is 7.09. The average Bonchev–Trinajstić information content (AvgIpc) is 2.30. The third kappa shape index (κ3) is 3.90. The van der Waals surface area contributed by atoms with E-state index in [4.69, 9.17) is 0 Å². The maximum Gasteiger partial charge on any atom is 0.0763 e. The summed E-state index contributed by atoms with van der Waals surface area (Å²) >= 11 is 0. The van der Waals surface area contributed by atoms with Crippen LogP contribution in [0.1, 0.15) is 26.7 Å². The molecule has 1 aliphatic heterocycles. The van der Waals surface area contributed by atoms with E-state index >= 15 is 0 Å². The van der Waals surface area contributed by atoms with E-state index in [1.165, 1.54) is 6.42 Å². The Hall–Kier alpha value is -0.200. The lowest BCUT2D eigenvalue weighted by Gasteiger charge is -2.44. The molecule has 0 bridgehead atoms. The predicted molar refractivity (Wildman–Crippen MR) is 76.9 cm³/mol. The van der Waals surface area contributed by atoms with Gasteiger partial charge in [-0.1, -0.05) is 13.8 Å². The van der Waals surface area contributed by atoms with Crippen LogP contribution in [-0.2, 0) is 0 Å². The van der Waals surface area contributed by atoms with Crippen molar-refractivity contribution in [2.75, 3.05) is 41.3 Å². The van der Waals surface area contributed by atoms with Crippen molar-refractivity contribution in [1.82, 2.24) is 25.8 Å². The van der Waals surface area contributed by atoms with Crippen LogP contribution in [0.3, 0.4) is 0 Å². The van der Waals surface area contributed by atoms with Gasteiger partial charge in [0.15, 0.2) is 0 Å². The number of hydrogen-bond donors (Lipinski definition) is 2. The zero-order valence-corrected chi connectivity index (χ0v) is 12.9. The van der Waals surface area contributed by atoms with E-state index in [-0.39, 0.29) is 0 Å². The third-order valence-corrected chi connectivity index (χ3v) is 3.96. The highest BCUT2D eigenvalue weighted by atomic mass is 15.7. The summed E-state index contributed by atoms with van der Waals surface area (Å²) < 4.78 is 0. The fraction of sp³-hybridized carbons (Fsp3) is 1.00. The van der Waals surface area contributed by atoms with Crippen molar-refractivity contribution in [2.24, 2.45) is 5.92 Å². The number of hydrazine groups is 2. The number of rotatable bonds is 6. The van der Waals surface area contributed by atoms with Crippen molar-refractivity contribution in [2.45, 2.75) is 38.9 Å². The van der Waals surface area contributed by atoms with E-state index < -0.39 is 0 Å². The first-order chi connectivity index (χ1) is 8.51. The van der Waals surface area contributed by atoms with E-state index in [1.807, 2.05) is 0 Å². The Morgan fingerprint density at radius 1 is 1.11 bits per heavy atom. The largest absolute Gasteiger partial charge is 0.306 e. The molecular weight excluding hydrogens is 226 g/mol. The molecule has 0 aliphatic carbocycles. The number of nitrogens with one attached hydrogen (secondary N) is 2. The van der Waals surface area contributed by atoms with Gasteiger partial charge in [0.2, 0.25) is 0 Å². The van der Waals surface area contributed by atoms with Gasteiger partial charge in [0.1, 0.15) is 0 Å². The quantitative estimate of drug-likeness (QED) is 0.727. The lowest BCUT2D eigenvalue weighted by molar-refractivity contribution is -0.0382. The molecule has 1 aliphatic rings. The zero-order valence-electron chi connectivity index (χ0n) is 12.9. The fourth-order valence-corrected chi connectivity index (χ4v) is 3.08. The Labute approximate surface area is 112 Å². The fourth-order valence-electron chi connectivity index (χ4n) is 3.08. The number of nitrogens with zero attached hydrogens (tertiary/aromatic N) is 3. The summed E-state index contributed by atoms with van der Waals surface area (Å²) in [5.74, 6) is 0.667. The van der Waals surface area contributed by atoms with Gasteiger partial charge < -0.3 is 4.90 Å². The van der Waals surface area contributed by atoms with Crippen LogP contribution in [0.15, 0.2) is 0 Å². The minimum Gasteiger partial charge on any atom is -0.306 e. The first kappa shape index (κ1) is 15.9. The molecule has 108 valence electrons. The molecule has 5 nitrogen and oxygen atoms in total. The maximum atomic E-state index is 3.35. The highest BCUT2D eigenvalue weighted by Gasteiger charge is 2.30. The summed E-state index contributed by atoms with van der Waals surface area (Å²) in [5.41, 5.74) is 6.67. The van der Waals surface area contributed by atoms with Gasteiger partial charge >= 0.3 is 0 Å². The average molecular weight is 257 g/mol. The number of hydrogen-bond acceptors (Lipinski definition) is 5. The summed E-state index contributed by atoms with van der Waals surface area (Å²) in [6.45, 7) is 6.65. The van der Waals surface area contributed by atoms with Gasteiger partial charge in [-0.25, -0.2) is 10.4 Å².